The van der Waals surface area contributed by atoms with E-state index in [4.69, 9.17) is 5.26 Å². The summed E-state index contributed by atoms with van der Waals surface area (Å²) in [6.07, 6.45) is 1.20. The molecule has 90 valence electrons. The molecular formula is C10H6FN5O2. The van der Waals surface area contributed by atoms with Crippen molar-refractivity contribution in [3.63, 3.8) is 0 Å². The van der Waals surface area contributed by atoms with Crippen molar-refractivity contribution in [2.45, 2.75) is 6.54 Å². The normalized spacial score (nSPS) is 10.0. The molecule has 2 aromatic rings. The molecular weight excluding hydrogens is 241 g/mol. The van der Waals surface area contributed by atoms with E-state index in [1.165, 1.54) is 29.2 Å². The largest absolute Gasteiger partial charge is 0.490 e. The molecule has 18 heavy (non-hydrogen) atoms. The molecule has 2 rings (SSSR count). The molecule has 0 amide bonds. The zero-order valence-corrected chi connectivity index (χ0v) is 8.95. The van der Waals surface area contributed by atoms with E-state index in [1.807, 2.05) is 0 Å². The van der Waals surface area contributed by atoms with Crippen LogP contribution in [0.4, 0.5) is 10.3 Å². The van der Waals surface area contributed by atoms with Gasteiger partial charge in [-0.05, 0) is 22.6 Å². The van der Waals surface area contributed by atoms with Gasteiger partial charge in [-0.3, -0.25) is 0 Å². The standard InChI is InChI=1S/C10H6FN5O2/c11-9-2-1-7(3-8(9)4-12)5-15-6-13-10(14-15)16(17)18/h1-3,6H,5H2. The Bertz CT molecular complexity index is 646. The summed E-state index contributed by atoms with van der Waals surface area (Å²) >= 11 is 0. The molecule has 8 heteroatoms. The van der Waals surface area contributed by atoms with Crippen LogP contribution in [0.25, 0.3) is 0 Å². The van der Waals surface area contributed by atoms with Crippen LogP contribution in [0.1, 0.15) is 11.1 Å². The monoisotopic (exact) mass is 247 g/mol. The van der Waals surface area contributed by atoms with Crippen LogP contribution in [0, 0.1) is 27.3 Å². The lowest BCUT2D eigenvalue weighted by Crippen LogP contribution is -2.02. The Kier molecular flexibility index (Phi) is 2.97. The van der Waals surface area contributed by atoms with Gasteiger partial charge in [0.2, 0.25) is 6.33 Å². The van der Waals surface area contributed by atoms with E-state index in [0.717, 1.165) is 0 Å². The zero-order chi connectivity index (χ0) is 13.1. The SMILES string of the molecule is N#Cc1cc(Cn2cnc([N+](=O)[O-])n2)ccc1F. The highest BCUT2D eigenvalue weighted by Crippen LogP contribution is 2.11. The maximum atomic E-state index is 13.1. The molecule has 0 aliphatic heterocycles. The van der Waals surface area contributed by atoms with Crippen molar-refractivity contribution in [3.8, 4) is 6.07 Å². The van der Waals surface area contributed by atoms with Crippen LogP contribution >= 0.6 is 0 Å². The van der Waals surface area contributed by atoms with E-state index >= 15 is 0 Å². The third-order valence-corrected chi connectivity index (χ3v) is 2.18. The molecule has 1 aromatic carbocycles. The number of nitro groups is 1. The van der Waals surface area contributed by atoms with Gasteiger partial charge in [0, 0.05) is 5.10 Å². The van der Waals surface area contributed by atoms with E-state index < -0.39 is 16.7 Å². The van der Waals surface area contributed by atoms with Gasteiger partial charge in [0.05, 0.1) is 12.1 Å². The van der Waals surface area contributed by atoms with Crippen LogP contribution in [0.5, 0.6) is 0 Å². The summed E-state index contributed by atoms with van der Waals surface area (Å²) in [4.78, 5) is 13.2. The van der Waals surface area contributed by atoms with E-state index in [1.54, 1.807) is 6.07 Å². The Labute approximate surface area is 100 Å². The van der Waals surface area contributed by atoms with Crippen LogP contribution < -0.4 is 0 Å². The fourth-order valence-corrected chi connectivity index (χ4v) is 1.39. The molecule has 1 heterocycles. The first kappa shape index (κ1) is 11.7. The predicted octanol–water partition coefficient (Wildman–Crippen LogP) is 1.25. The van der Waals surface area contributed by atoms with Crippen molar-refractivity contribution in [1.29, 1.82) is 5.26 Å². The lowest BCUT2D eigenvalue weighted by molar-refractivity contribution is -0.394. The maximum absolute atomic E-state index is 13.1. The molecule has 0 aliphatic rings. The smallest absolute Gasteiger partial charge is 0.390 e. The van der Waals surface area contributed by atoms with Gasteiger partial charge in [-0.1, -0.05) is 11.1 Å². The number of nitrogens with zero attached hydrogens (tertiary/aromatic N) is 5. The summed E-state index contributed by atoms with van der Waals surface area (Å²) < 4.78 is 14.3. The van der Waals surface area contributed by atoms with Crippen LogP contribution in [-0.2, 0) is 6.54 Å². The van der Waals surface area contributed by atoms with E-state index in [0.29, 0.717) is 5.56 Å². The van der Waals surface area contributed by atoms with Crippen LogP contribution in [0.3, 0.4) is 0 Å². The Hall–Kier alpha value is -2.82. The van der Waals surface area contributed by atoms with Gasteiger partial charge >= 0.3 is 5.95 Å². The third kappa shape index (κ3) is 2.30. The lowest BCUT2D eigenvalue weighted by Gasteiger charge is -1.99. The summed E-state index contributed by atoms with van der Waals surface area (Å²) in [5, 5.41) is 22.7. The third-order valence-electron chi connectivity index (χ3n) is 2.18. The Morgan fingerprint density at radius 1 is 1.56 bits per heavy atom. The minimum absolute atomic E-state index is 0.0814. The number of benzene rings is 1. The first-order valence-corrected chi connectivity index (χ1v) is 4.82. The molecule has 0 saturated heterocycles. The van der Waals surface area contributed by atoms with Gasteiger partial charge < -0.3 is 10.1 Å². The molecule has 0 fully saturated rings. The van der Waals surface area contributed by atoms with Crippen molar-refractivity contribution < 1.29 is 9.31 Å². The molecule has 0 N–H and O–H groups in total. The molecule has 1 aromatic heterocycles. The molecule has 0 unspecified atom stereocenters. The maximum Gasteiger partial charge on any atom is 0.490 e. The fourth-order valence-electron chi connectivity index (χ4n) is 1.39. The van der Waals surface area contributed by atoms with Crippen LogP contribution in [-0.4, -0.2) is 19.7 Å². The molecule has 0 radical (unpaired) electrons. The van der Waals surface area contributed by atoms with Gasteiger partial charge in [0.15, 0.2) is 0 Å². The number of nitriles is 1. The molecule has 0 aliphatic carbocycles. The number of hydrogen-bond acceptors (Lipinski definition) is 5. The molecule has 0 saturated carbocycles. The summed E-state index contributed by atoms with van der Waals surface area (Å²) in [5.41, 5.74) is 0.523. The average molecular weight is 247 g/mol. The second-order valence-electron chi connectivity index (χ2n) is 3.43. The summed E-state index contributed by atoms with van der Waals surface area (Å²) in [7, 11) is 0. The highest BCUT2D eigenvalue weighted by molar-refractivity contribution is 5.34. The van der Waals surface area contributed by atoms with Crippen molar-refractivity contribution >= 4 is 5.95 Å². The Balaban J connectivity index is 2.23. The summed E-state index contributed by atoms with van der Waals surface area (Å²) in [6.45, 7) is 0.176. The molecule has 0 bridgehead atoms. The number of hydrogen-bond donors (Lipinski definition) is 0. The van der Waals surface area contributed by atoms with E-state index in [9.17, 15) is 14.5 Å². The minimum atomic E-state index is -0.706. The van der Waals surface area contributed by atoms with Gasteiger partial charge in [-0.15, -0.1) is 0 Å². The van der Waals surface area contributed by atoms with Crippen molar-refractivity contribution in [3.05, 3.63) is 51.6 Å². The minimum Gasteiger partial charge on any atom is -0.390 e. The number of aromatic nitrogens is 3. The fraction of sp³-hybridized carbons (Fsp3) is 0.100. The predicted molar refractivity (Wildman–Crippen MR) is 56.9 cm³/mol. The summed E-state index contributed by atoms with van der Waals surface area (Å²) in [5.74, 6) is -1.11. The van der Waals surface area contributed by atoms with E-state index in [2.05, 4.69) is 10.1 Å². The molecule has 7 nitrogen and oxygen atoms in total. The Morgan fingerprint density at radius 3 is 2.94 bits per heavy atom. The molecule has 0 atom stereocenters. The first-order valence-electron chi connectivity index (χ1n) is 4.82. The average Bonchev–Trinajstić information content (AvgIpc) is 2.80. The van der Waals surface area contributed by atoms with Crippen LogP contribution in [0.2, 0.25) is 0 Å². The summed E-state index contributed by atoms with van der Waals surface area (Å²) in [6, 6.07) is 5.72. The highest BCUT2D eigenvalue weighted by Gasteiger charge is 2.13. The van der Waals surface area contributed by atoms with Crippen molar-refractivity contribution in [2.24, 2.45) is 0 Å². The van der Waals surface area contributed by atoms with Crippen molar-refractivity contribution in [2.75, 3.05) is 0 Å². The zero-order valence-electron chi connectivity index (χ0n) is 8.95. The first-order chi connectivity index (χ1) is 8.60. The highest BCUT2D eigenvalue weighted by atomic mass is 19.1. The number of halogens is 1. The molecule has 0 spiro atoms. The quantitative estimate of drug-likeness (QED) is 0.600. The number of rotatable bonds is 3. The van der Waals surface area contributed by atoms with Gasteiger partial charge in [0.25, 0.3) is 0 Å². The van der Waals surface area contributed by atoms with E-state index in [-0.39, 0.29) is 12.1 Å². The topological polar surface area (TPSA) is 97.6 Å². The van der Waals surface area contributed by atoms with Gasteiger partial charge in [0.1, 0.15) is 11.9 Å². The van der Waals surface area contributed by atoms with Crippen molar-refractivity contribution in [1.82, 2.24) is 14.8 Å². The second-order valence-corrected chi connectivity index (χ2v) is 3.43. The van der Waals surface area contributed by atoms with Gasteiger partial charge in [-0.25, -0.2) is 4.39 Å². The lowest BCUT2D eigenvalue weighted by atomic mass is 10.1. The second kappa shape index (κ2) is 4.58. The van der Waals surface area contributed by atoms with Crippen LogP contribution in [0.15, 0.2) is 24.5 Å². The Morgan fingerprint density at radius 2 is 2.33 bits per heavy atom. The van der Waals surface area contributed by atoms with Gasteiger partial charge in [-0.2, -0.15) is 9.94 Å².